The monoisotopic (exact) mass is 489 g/mol. The number of para-hydroxylation sites is 1. The van der Waals surface area contributed by atoms with Crippen molar-refractivity contribution in [1.29, 1.82) is 0 Å². The summed E-state index contributed by atoms with van der Waals surface area (Å²) in [6.07, 6.45) is 7.96. The number of anilines is 3. The number of aryl methyl sites for hydroxylation is 2. The minimum Gasteiger partial charge on any atom is -0.377 e. The second kappa shape index (κ2) is 11.7. The van der Waals surface area contributed by atoms with E-state index in [-0.39, 0.29) is 0 Å². The molecule has 3 aromatic rings. The normalized spacial score (nSPS) is 17.7. The van der Waals surface area contributed by atoms with Gasteiger partial charge in [0.25, 0.3) is 0 Å². The SMILES string of the molecule is CCCCc1ccc(NC(=S)NC2CCC(Nc3cc(N(C)C)c4ccccc4n3)CC2)c(C)c1. The van der Waals surface area contributed by atoms with Crippen molar-refractivity contribution in [2.75, 3.05) is 29.6 Å². The van der Waals surface area contributed by atoms with Crippen LogP contribution in [0.25, 0.3) is 10.9 Å². The molecule has 0 unspecified atom stereocenters. The molecule has 6 heteroatoms. The molecule has 5 nitrogen and oxygen atoms in total. The van der Waals surface area contributed by atoms with Gasteiger partial charge in [-0.3, -0.25) is 0 Å². The van der Waals surface area contributed by atoms with Crippen molar-refractivity contribution in [3.63, 3.8) is 0 Å². The Morgan fingerprint density at radius 2 is 1.77 bits per heavy atom. The molecule has 0 radical (unpaired) electrons. The lowest BCUT2D eigenvalue weighted by Gasteiger charge is -2.31. The second-order valence-corrected chi connectivity index (χ2v) is 10.4. The number of nitrogens with one attached hydrogen (secondary N) is 3. The molecule has 0 bridgehead atoms. The molecule has 1 aromatic heterocycles. The maximum atomic E-state index is 5.64. The number of benzene rings is 2. The summed E-state index contributed by atoms with van der Waals surface area (Å²) in [4.78, 5) is 7.03. The average molecular weight is 490 g/mol. The van der Waals surface area contributed by atoms with Crippen LogP contribution < -0.4 is 20.9 Å². The largest absolute Gasteiger partial charge is 0.377 e. The molecule has 3 N–H and O–H groups in total. The molecule has 186 valence electrons. The van der Waals surface area contributed by atoms with Crippen molar-refractivity contribution in [2.24, 2.45) is 0 Å². The van der Waals surface area contributed by atoms with Crippen molar-refractivity contribution in [2.45, 2.75) is 70.9 Å². The molecule has 1 aliphatic rings. The van der Waals surface area contributed by atoms with Gasteiger partial charge in [0.15, 0.2) is 5.11 Å². The van der Waals surface area contributed by atoms with Crippen molar-refractivity contribution in [3.8, 4) is 0 Å². The smallest absolute Gasteiger partial charge is 0.171 e. The summed E-state index contributed by atoms with van der Waals surface area (Å²) in [5, 5.41) is 12.6. The highest BCUT2D eigenvalue weighted by atomic mass is 32.1. The van der Waals surface area contributed by atoms with Crippen molar-refractivity contribution in [3.05, 3.63) is 59.7 Å². The summed E-state index contributed by atoms with van der Waals surface area (Å²) in [6, 6.07) is 18.0. The molecular weight excluding hydrogens is 450 g/mol. The number of nitrogens with zero attached hydrogens (tertiary/aromatic N) is 2. The number of hydrogen-bond donors (Lipinski definition) is 3. The number of hydrogen-bond acceptors (Lipinski definition) is 4. The van der Waals surface area contributed by atoms with E-state index in [2.05, 4.69) is 97.3 Å². The first-order valence-corrected chi connectivity index (χ1v) is 13.3. The van der Waals surface area contributed by atoms with Gasteiger partial charge in [0, 0.05) is 49.0 Å². The molecule has 0 aliphatic heterocycles. The Morgan fingerprint density at radius 1 is 1.03 bits per heavy atom. The third kappa shape index (κ3) is 6.63. The molecule has 2 aromatic carbocycles. The van der Waals surface area contributed by atoms with E-state index in [0.717, 1.165) is 54.2 Å². The molecule has 0 amide bonds. The van der Waals surface area contributed by atoms with Gasteiger partial charge < -0.3 is 20.9 Å². The van der Waals surface area contributed by atoms with Gasteiger partial charge >= 0.3 is 0 Å². The summed E-state index contributed by atoms with van der Waals surface area (Å²) < 4.78 is 0. The molecule has 1 heterocycles. The lowest BCUT2D eigenvalue weighted by Crippen LogP contribution is -2.42. The highest BCUT2D eigenvalue weighted by Gasteiger charge is 2.22. The van der Waals surface area contributed by atoms with E-state index < -0.39 is 0 Å². The van der Waals surface area contributed by atoms with Gasteiger partial charge in [-0.25, -0.2) is 4.98 Å². The number of aromatic nitrogens is 1. The Morgan fingerprint density at radius 3 is 2.49 bits per heavy atom. The molecule has 1 fully saturated rings. The van der Waals surface area contributed by atoms with E-state index in [1.54, 1.807) is 0 Å². The van der Waals surface area contributed by atoms with Gasteiger partial charge in [-0.05, 0) is 80.9 Å². The van der Waals surface area contributed by atoms with Crippen molar-refractivity contribution in [1.82, 2.24) is 10.3 Å². The zero-order valence-electron chi connectivity index (χ0n) is 21.5. The fourth-order valence-corrected chi connectivity index (χ4v) is 5.22. The first kappa shape index (κ1) is 25.2. The molecule has 0 spiro atoms. The fraction of sp³-hybridized carbons (Fsp3) is 0.448. The number of unbranched alkanes of at least 4 members (excludes halogenated alkanes) is 1. The topological polar surface area (TPSA) is 52.2 Å². The van der Waals surface area contributed by atoms with Crippen molar-refractivity contribution < 1.29 is 0 Å². The molecular formula is C29H39N5S. The summed E-state index contributed by atoms with van der Waals surface area (Å²) in [6.45, 7) is 4.39. The van der Waals surface area contributed by atoms with Crippen LogP contribution >= 0.6 is 12.2 Å². The van der Waals surface area contributed by atoms with Crippen LogP contribution in [0.1, 0.15) is 56.6 Å². The van der Waals surface area contributed by atoms with Crippen LogP contribution in [0.15, 0.2) is 48.5 Å². The second-order valence-electron chi connectivity index (χ2n) is 9.98. The van der Waals surface area contributed by atoms with Crippen LogP contribution in [0.4, 0.5) is 17.2 Å². The van der Waals surface area contributed by atoms with Crippen LogP contribution in [-0.4, -0.2) is 36.3 Å². The van der Waals surface area contributed by atoms with E-state index in [9.17, 15) is 0 Å². The first-order chi connectivity index (χ1) is 16.9. The van der Waals surface area contributed by atoms with E-state index in [0.29, 0.717) is 12.1 Å². The molecule has 1 aliphatic carbocycles. The highest BCUT2D eigenvalue weighted by molar-refractivity contribution is 7.80. The summed E-state index contributed by atoms with van der Waals surface area (Å²) in [5.41, 5.74) is 5.96. The summed E-state index contributed by atoms with van der Waals surface area (Å²) in [7, 11) is 4.17. The van der Waals surface area contributed by atoms with Crippen LogP contribution in [-0.2, 0) is 6.42 Å². The lowest BCUT2D eigenvalue weighted by atomic mass is 9.91. The zero-order chi connectivity index (χ0) is 24.8. The van der Waals surface area contributed by atoms with E-state index in [4.69, 9.17) is 17.2 Å². The van der Waals surface area contributed by atoms with Crippen LogP contribution in [0.2, 0.25) is 0 Å². The van der Waals surface area contributed by atoms with E-state index >= 15 is 0 Å². The van der Waals surface area contributed by atoms with Gasteiger partial charge in [-0.2, -0.15) is 0 Å². The van der Waals surface area contributed by atoms with Gasteiger partial charge in [-0.1, -0.05) is 43.7 Å². The Hall–Kier alpha value is -2.86. The number of thiocarbonyl (C=S) groups is 1. The molecule has 4 rings (SSSR count). The fourth-order valence-electron chi connectivity index (χ4n) is 4.94. The van der Waals surface area contributed by atoms with Gasteiger partial charge in [-0.15, -0.1) is 0 Å². The maximum Gasteiger partial charge on any atom is 0.171 e. The number of pyridine rings is 1. The molecule has 35 heavy (non-hydrogen) atoms. The Labute approximate surface area is 215 Å². The third-order valence-electron chi connectivity index (χ3n) is 6.95. The Bertz CT molecular complexity index is 1150. The molecule has 0 atom stereocenters. The van der Waals surface area contributed by atoms with Crippen molar-refractivity contribution >= 4 is 45.4 Å². The van der Waals surface area contributed by atoms with Gasteiger partial charge in [0.2, 0.25) is 0 Å². The summed E-state index contributed by atoms with van der Waals surface area (Å²) >= 11 is 5.64. The highest BCUT2D eigenvalue weighted by Crippen LogP contribution is 2.29. The predicted molar refractivity (Wildman–Crippen MR) is 155 cm³/mol. The Balaban J connectivity index is 1.29. The third-order valence-corrected chi connectivity index (χ3v) is 7.17. The van der Waals surface area contributed by atoms with Crippen LogP contribution in [0.3, 0.4) is 0 Å². The lowest BCUT2D eigenvalue weighted by molar-refractivity contribution is 0.388. The molecule has 1 saturated carbocycles. The minimum absolute atomic E-state index is 0.402. The van der Waals surface area contributed by atoms with Gasteiger partial charge in [0.05, 0.1) is 5.52 Å². The molecule has 0 saturated heterocycles. The maximum absolute atomic E-state index is 5.64. The first-order valence-electron chi connectivity index (χ1n) is 12.9. The van der Waals surface area contributed by atoms with Crippen LogP contribution in [0.5, 0.6) is 0 Å². The van der Waals surface area contributed by atoms with E-state index in [1.165, 1.54) is 35.0 Å². The number of rotatable bonds is 8. The summed E-state index contributed by atoms with van der Waals surface area (Å²) in [5.74, 6) is 0.957. The standard InChI is InChI=1S/C29H39N5S/c1-5-6-9-21-12-17-25(20(2)18-21)33-29(35)31-23-15-13-22(14-16-23)30-28-19-27(34(3)4)24-10-7-8-11-26(24)32-28/h7-8,10-12,17-19,22-23H,5-6,9,13-16H2,1-4H3,(H,30,32)(H2,31,33,35). The number of fused-ring (bicyclic) bond motifs is 1. The minimum atomic E-state index is 0.402. The zero-order valence-corrected chi connectivity index (χ0v) is 22.3. The predicted octanol–water partition coefficient (Wildman–Crippen LogP) is 6.66. The van der Waals surface area contributed by atoms with E-state index in [1.807, 2.05) is 0 Å². The quantitative estimate of drug-likeness (QED) is 0.308. The van der Waals surface area contributed by atoms with Gasteiger partial charge in [0.1, 0.15) is 5.82 Å². The Kier molecular flexibility index (Phi) is 8.45. The van der Waals surface area contributed by atoms with Crippen LogP contribution in [0, 0.1) is 6.92 Å². The average Bonchev–Trinajstić information content (AvgIpc) is 2.85.